The Balaban J connectivity index is 2.50. The van der Waals surface area contributed by atoms with Crippen molar-refractivity contribution in [1.29, 1.82) is 0 Å². The molecule has 4 N–H and O–H groups in total. The number of primary amides is 1. The fourth-order valence-corrected chi connectivity index (χ4v) is 3.62. The van der Waals surface area contributed by atoms with Crippen molar-refractivity contribution in [2.24, 2.45) is 11.7 Å². The van der Waals surface area contributed by atoms with Gasteiger partial charge in [0.25, 0.3) is 5.91 Å². The molecule has 1 aliphatic heterocycles. The van der Waals surface area contributed by atoms with Gasteiger partial charge in [-0.2, -0.15) is 0 Å². The first-order valence-corrected chi connectivity index (χ1v) is 7.26. The Kier molecular flexibility index (Phi) is 3.80. The van der Waals surface area contributed by atoms with Gasteiger partial charge in [-0.3, -0.25) is 9.59 Å². The normalized spacial score (nSPS) is 15.2. The van der Waals surface area contributed by atoms with E-state index >= 15 is 0 Å². The second-order valence-electron chi connectivity index (χ2n) is 5.10. The van der Waals surface area contributed by atoms with Gasteiger partial charge in [0.05, 0.1) is 16.1 Å². The first-order valence-electron chi connectivity index (χ1n) is 6.44. The molecule has 0 saturated carbocycles. The fourth-order valence-electron chi connectivity index (χ4n) is 2.26. The van der Waals surface area contributed by atoms with Crippen molar-refractivity contribution in [2.75, 3.05) is 23.7 Å². The summed E-state index contributed by atoms with van der Waals surface area (Å²) in [6, 6.07) is 0. The second kappa shape index (κ2) is 5.21. The fraction of sp³-hybridized carbons (Fsp3) is 0.538. The summed E-state index contributed by atoms with van der Waals surface area (Å²) in [4.78, 5) is 26.3. The van der Waals surface area contributed by atoms with Crippen LogP contribution in [0, 0.1) is 5.92 Å². The summed E-state index contributed by atoms with van der Waals surface area (Å²) in [5, 5.41) is 0.756. The maximum absolute atomic E-state index is 12.1. The molecular weight excluding hydrogens is 262 g/mol. The second-order valence-corrected chi connectivity index (χ2v) is 6.10. The molecule has 0 aromatic carbocycles. The van der Waals surface area contributed by atoms with Gasteiger partial charge in [-0.25, -0.2) is 0 Å². The van der Waals surface area contributed by atoms with Crippen LogP contribution in [0.4, 0.5) is 10.7 Å². The van der Waals surface area contributed by atoms with Gasteiger partial charge in [0.1, 0.15) is 5.00 Å². The van der Waals surface area contributed by atoms with Crippen molar-refractivity contribution >= 4 is 33.7 Å². The predicted octanol–water partition coefficient (Wildman–Crippen LogP) is 1.87. The maximum atomic E-state index is 12.1. The van der Waals surface area contributed by atoms with E-state index in [1.54, 1.807) is 0 Å². The lowest BCUT2D eigenvalue weighted by Crippen LogP contribution is -2.22. The van der Waals surface area contributed by atoms with Crippen molar-refractivity contribution in [2.45, 2.75) is 26.7 Å². The Bertz CT molecular complexity index is 516. The molecule has 0 bridgehead atoms. The lowest BCUT2D eigenvalue weighted by atomic mass is 10.1. The van der Waals surface area contributed by atoms with Crippen LogP contribution in [0.5, 0.6) is 0 Å². The summed E-state index contributed by atoms with van der Waals surface area (Å²) in [5.41, 5.74) is 12.0. The number of rotatable bonds is 4. The van der Waals surface area contributed by atoms with E-state index in [4.69, 9.17) is 11.5 Å². The average Bonchev–Trinajstić information content (AvgIpc) is 2.94. The molecule has 0 unspecified atom stereocenters. The number of carbonyl (C=O) groups is 2. The van der Waals surface area contributed by atoms with Gasteiger partial charge in [-0.1, -0.05) is 13.8 Å². The van der Waals surface area contributed by atoms with E-state index in [0.717, 1.165) is 30.9 Å². The molecule has 1 saturated heterocycles. The number of ketones is 1. The third kappa shape index (κ3) is 2.45. The standard InChI is InChI=1S/C13H19N3O2S/c1-7(2)10(17)11-9(14)8(12(15)18)13(19-11)16-5-3-4-6-16/h7H,3-6,14H2,1-2H3,(H2,15,18). The summed E-state index contributed by atoms with van der Waals surface area (Å²) >= 11 is 1.30. The van der Waals surface area contributed by atoms with Crippen LogP contribution in [-0.4, -0.2) is 24.8 Å². The smallest absolute Gasteiger partial charge is 0.253 e. The van der Waals surface area contributed by atoms with Crippen molar-refractivity contribution < 1.29 is 9.59 Å². The minimum atomic E-state index is -0.557. The minimum absolute atomic E-state index is 0.0320. The molecule has 1 fully saturated rings. The van der Waals surface area contributed by atoms with Gasteiger partial charge < -0.3 is 16.4 Å². The number of carbonyl (C=O) groups excluding carboxylic acids is 2. The molecule has 19 heavy (non-hydrogen) atoms. The monoisotopic (exact) mass is 281 g/mol. The summed E-state index contributed by atoms with van der Waals surface area (Å²) < 4.78 is 0. The Morgan fingerprint density at radius 1 is 1.26 bits per heavy atom. The van der Waals surface area contributed by atoms with Crippen LogP contribution in [0.25, 0.3) is 0 Å². The summed E-state index contributed by atoms with van der Waals surface area (Å²) in [7, 11) is 0. The van der Waals surface area contributed by atoms with E-state index in [9.17, 15) is 9.59 Å². The van der Waals surface area contributed by atoms with Crippen LogP contribution >= 0.6 is 11.3 Å². The molecule has 104 valence electrons. The molecule has 0 atom stereocenters. The molecule has 0 radical (unpaired) electrons. The van der Waals surface area contributed by atoms with Crippen LogP contribution in [-0.2, 0) is 0 Å². The number of nitrogens with two attached hydrogens (primary N) is 2. The lowest BCUT2D eigenvalue weighted by molar-refractivity contribution is 0.0944. The largest absolute Gasteiger partial charge is 0.397 e. The molecular formula is C13H19N3O2S. The molecule has 2 rings (SSSR count). The van der Waals surface area contributed by atoms with Crippen LogP contribution in [0.1, 0.15) is 46.7 Å². The van der Waals surface area contributed by atoms with Gasteiger partial charge in [0.2, 0.25) is 0 Å². The van der Waals surface area contributed by atoms with Gasteiger partial charge in [0.15, 0.2) is 5.78 Å². The first-order chi connectivity index (χ1) is 8.93. The third-order valence-corrected chi connectivity index (χ3v) is 4.60. The minimum Gasteiger partial charge on any atom is -0.397 e. The number of nitrogens with zero attached hydrogens (tertiary/aromatic N) is 1. The Labute approximate surface area is 116 Å². The van der Waals surface area contributed by atoms with Crippen LogP contribution in [0.15, 0.2) is 0 Å². The van der Waals surface area contributed by atoms with Gasteiger partial charge in [-0.15, -0.1) is 11.3 Å². The number of thiophene rings is 1. The number of amides is 1. The van der Waals surface area contributed by atoms with Crippen LogP contribution in [0.2, 0.25) is 0 Å². The van der Waals surface area contributed by atoms with Crippen LogP contribution in [0.3, 0.4) is 0 Å². The molecule has 1 amide bonds. The highest BCUT2D eigenvalue weighted by molar-refractivity contribution is 7.19. The van der Waals surface area contributed by atoms with Gasteiger partial charge in [0, 0.05) is 19.0 Å². The molecule has 5 nitrogen and oxygen atoms in total. The van der Waals surface area contributed by atoms with E-state index in [-0.39, 0.29) is 17.4 Å². The van der Waals surface area contributed by atoms with Crippen molar-refractivity contribution in [3.8, 4) is 0 Å². The summed E-state index contributed by atoms with van der Waals surface area (Å²) in [6.45, 7) is 5.41. The zero-order valence-electron chi connectivity index (χ0n) is 11.2. The van der Waals surface area contributed by atoms with Gasteiger partial charge in [-0.05, 0) is 12.8 Å². The number of hydrogen-bond acceptors (Lipinski definition) is 5. The number of nitrogen functional groups attached to an aromatic ring is 1. The number of anilines is 2. The van der Waals surface area contributed by atoms with E-state index in [1.165, 1.54) is 11.3 Å². The highest BCUT2D eigenvalue weighted by Gasteiger charge is 2.29. The SMILES string of the molecule is CC(C)C(=O)c1sc(N2CCCC2)c(C(N)=O)c1N. The van der Waals surface area contributed by atoms with Crippen molar-refractivity contribution in [1.82, 2.24) is 0 Å². The van der Waals surface area contributed by atoms with Crippen molar-refractivity contribution in [3.63, 3.8) is 0 Å². The molecule has 0 spiro atoms. The Morgan fingerprint density at radius 3 is 2.32 bits per heavy atom. The van der Waals surface area contributed by atoms with E-state index in [2.05, 4.69) is 4.90 Å². The van der Waals surface area contributed by atoms with Gasteiger partial charge >= 0.3 is 0 Å². The Morgan fingerprint density at radius 2 is 1.84 bits per heavy atom. The first kappa shape index (κ1) is 13.9. The van der Waals surface area contributed by atoms with E-state index in [1.807, 2.05) is 13.8 Å². The molecule has 6 heteroatoms. The molecule has 2 heterocycles. The average molecular weight is 281 g/mol. The quantitative estimate of drug-likeness (QED) is 0.824. The zero-order valence-corrected chi connectivity index (χ0v) is 12.0. The highest BCUT2D eigenvalue weighted by atomic mass is 32.1. The maximum Gasteiger partial charge on any atom is 0.253 e. The van der Waals surface area contributed by atoms with Crippen LogP contribution < -0.4 is 16.4 Å². The number of Topliss-reactive ketones (excluding diaryl/α,β-unsaturated/α-hetero) is 1. The molecule has 1 aliphatic rings. The molecule has 0 aliphatic carbocycles. The highest BCUT2D eigenvalue weighted by Crippen LogP contribution is 2.40. The summed E-state index contributed by atoms with van der Waals surface area (Å²) in [6.07, 6.45) is 2.17. The summed E-state index contributed by atoms with van der Waals surface area (Å²) in [5.74, 6) is -0.734. The zero-order chi connectivity index (χ0) is 14.2. The topological polar surface area (TPSA) is 89.4 Å². The molecule has 1 aromatic heterocycles. The van der Waals surface area contributed by atoms with Crippen molar-refractivity contribution in [3.05, 3.63) is 10.4 Å². The molecule has 1 aromatic rings. The van der Waals surface area contributed by atoms with E-state index in [0.29, 0.717) is 10.4 Å². The lowest BCUT2D eigenvalue weighted by Gasteiger charge is -2.16. The number of hydrogen-bond donors (Lipinski definition) is 2. The third-order valence-electron chi connectivity index (χ3n) is 3.31. The Hall–Kier alpha value is -1.56. The predicted molar refractivity (Wildman–Crippen MR) is 77.9 cm³/mol. The van der Waals surface area contributed by atoms with E-state index < -0.39 is 5.91 Å².